The van der Waals surface area contributed by atoms with E-state index in [0.717, 1.165) is 23.1 Å². The average Bonchev–Trinajstić information content (AvgIpc) is 2.57. The van der Waals surface area contributed by atoms with E-state index in [0.29, 0.717) is 12.1 Å². The quantitative estimate of drug-likeness (QED) is 0.691. The molecule has 3 nitrogen and oxygen atoms in total. The van der Waals surface area contributed by atoms with Gasteiger partial charge in [-0.2, -0.15) is 0 Å². The van der Waals surface area contributed by atoms with Crippen LogP contribution in [0.3, 0.4) is 0 Å². The normalized spacial score (nSPS) is 10.4. The van der Waals surface area contributed by atoms with Gasteiger partial charge in [0.25, 0.3) is 0 Å². The van der Waals surface area contributed by atoms with E-state index in [-0.39, 0.29) is 5.43 Å². The number of aromatic nitrogens is 1. The molecule has 0 unspecified atom stereocenters. The van der Waals surface area contributed by atoms with Crippen molar-refractivity contribution in [2.75, 3.05) is 0 Å². The summed E-state index contributed by atoms with van der Waals surface area (Å²) >= 11 is 0. The highest BCUT2D eigenvalue weighted by Gasteiger charge is 2.05. The van der Waals surface area contributed by atoms with Gasteiger partial charge >= 0.3 is 0 Å². The fourth-order valence-corrected chi connectivity index (χ4v) is 2.41. The zero-order chi connectivity index (χ0) is 15.4. The van der Waals surface area contributed by atoms with Crippen molar-refractivity contribution in [2.24, 2.45) is 0 Å². The molecule has 3 heteroatoms. The summed E-state index contributed by atoms with van der Waals surface area (Å²) in [6.45, 7) is 0.686. The first-order valence-corrected chi connectivity index (χ1v) is 7.06. The van der Waals surface area contributed by atoms with E-state index >= 15 is 0 Å². The molecular weight excluding hydrogens is 274 g/mol. The molecule has 1 heterocycles. The van der Waals surface area contributed by atoms with Crippen LogP contribution in [-0.2, 0) is 6.54 Å². The van der Waals surface area contributed by atoms with Gasteiger partial charge in [0.15, 0.2) is 5.43 Å². The summed E-state index contributed by atoms with van der Waals surface area (Å²) in [7, 11) is 0. The second kappa shape index (κ2) is 6.22. The molecule has 0 N–H and O–H groups in total. The van der Waals surface area contributed by atoms with Crippen molar-refractivity contribution >= 4 is 6.29 Å². The number of pyridine rings is 1. The van der Waals surface area contributed by atoms with Gasteiger partial charge in [-0.1, -0.05) is 54.6 Å². The van der Waals surface area contributed by atoms with E-state index in [1.165, 1.54) is 0 Å². The second-order valence-electron chi connectivity index (χ2n) is 5.10. The van der Waals surface area contributed by atoms with Crippen molar-refractivity contribution in [3.8, 4) is 11.3 Å². The first-order valence-electron chi connectivity index (χ1n) is 7.06. The van der Waals surface area contributed by atoms with Crippen molar-refractivity contribution in [2.45, 2.75) is 6.54 Å². The first-order chi connectivity index (χ1) is 10.8. The summed E-state index contributed by atoms with van der Waals surface area (Å²) in [5, 5.41) is 0. The predicted octanol–water partition coefficient (Wildman–Crippen LogP) is 3.38. The molecule has 0 aliphatic rings. The van der Waals surface area contributed by atoms with Crippen molar-refractivity contribution in [1.82, 2.24) is 4.57 Å². The van der Waals surface area contributed by atoms with Crippen LogP contribution in [0, 0.1) is 0 Å². The third-order valence-corrected chi connectivity index (χ3v) is 3.55. The molecule has 0 amide bonds. The lowest BCUT2D eigenvalue weighted by molar-refractivity contribution is 0.112. The molecule has 3 aromatic rings. The number of aldehydes is 1. The van der Waals surface area contributed by atoms with E-state index in [9.17, 15) is 9.59 Å². The largest absolute Gasteiger partial charge is 0.343 e. The number of rotatable bonds is 4. The Morgan fingerprint density at radius 1 is 0.909 bits per heavy atom. The van der Waals surface area contributed by atoms with Crippen LogP contribution in [-0.4, -0.2) is 10.9 Å². The van der Waals surface area contributed by atoms with Crippen LogP contribution in [0.4, 0.5) is 0 Å². The number of carbonyl (C=O) groups is 1. The zero-order valence-electron chi connectivity index (χ0n) is 12.0. The van der Waals surface area contributed by atoms with Crippen molar-refractivity contribution < 1.29 is 4.79 Å². The molecule has 0 spiro atoms. The number of carbonyl (C=O) groups excluding carboxylic acids is 1. The van der Waals surface area contributed by atoms with Gasteiger partial charge in [0.2, 0.25) is 0 Å². The van der Waals surface area contributed by atoms with Crippen LogP contribution in [0.15, 0.2) is 77.7 Å². The van der Waals surface area contributed by atoms with Gasteiger partial charge in [-0.15, -0.1) is 0 Å². The highest BCUT2D eigenvalue weighted by Crippen LogP contribution is 2.19. The fourth-order valence-electron chi connectivity index (χ4n) is 2.41. The Hall–Kier alpha value is -2.94. The lowest BCUT2D eigenvalue weighted by Gasteiger charge is -2.13. The molecule has 0 aliphatic heterocycles. The maximum absolute atomic E-state index is 11.7. The summed E-state index contributed by atoms with van der Waals surface area (Å²) < 4.78 is 2.03. The molecule has 0 saturated carbocycles. The monoisotopic (exact) mass is 289 g/mol. The zero-order valence-corrected chi connectivity index (χ0v) is 12.0. The first kappa shape index (κ1) is 14.0. The summed E-state index contributed by atoms with van der Waals surface area (Å²) in [5.41, 5.74) is 3.51. The average molecular weight is 289 g/mol. The lowest BCUT2D eigenvalue weighted by Crippen LogP contribution is -2.09. The molecule has 2 aromatic carbocycles. The van der Waals surface area contributed by atoms with E-state index in [4.69, 9.17) is 0 Å². The van der Waals surface area contributed by atoms with Crippen molar-refractivity contribution in [3.05, 3.63) is 94.3 Å². The SMILES string of the molecule is O=Cc1ccc(-c2cc(=O)ccn2Cc2ccccc2)cc1. The van der Waals surface area contributed by atoms with Crippen LogP contribution in [0.5, 0.6) is 0 Å². The summed E-state index contributed by atoms with van der Waals surface area (Å²) in [5.74, 6) is 0. The summed E-state index contributed by atoms with van der Waals surface area (Å²) in [4.78, 5) is 22.5. The van der Waals surface area contributed by atoms with Crippen molar-refractivity contribution in [1.29, 1.82) is 0 Å². The van der Waals surface area contributed by atoms with E-state index in [1.807, 2.05) is 34.9 Å². The number of hydrogen-bond donors (Lipinski definition) is 0. The summed E-state index contributed by atoms with van der Waals surface area (Å²) in [6.07, 6.45) is 2.62. The van der Waals surface area contributed by atoms with Gasteiger partial charge in [-0.05, 0) is 11.1 Å². The topological polar surface area (TPSA) is 39.1 Å². The van der Waals surface area contributed by atoms with Gasteiger partial charge in [0.1, 0.15) is 6.29 Å². The third-order valence-electron chi connectivity index (χ3n) is 3.55. The minimum atomic E-state index is -0.0289. The molecule has 0 radical (unpaired) electrons. The molecule has 0 saturated heterocycles. The number of benzene rings is 2. The second-order valence-corrected chi connectivity index (χ2v) is 5.10. The standard InChI is InChI=1S/C19H15NO2/c21-14-16-6-8-17(9-7-16)19-12-18(22)10-11-20(19)13-15-4-2-1-3-5-15/h1-12,14H,13H2. The predicted molar refractivity (Wildman–Crippen MR) is 87.1 cm³/mol. The maximum Gasteiger partial charge on any atom is 0.182 e. The van der Waals surface area contributed by atoms with Gasteiger partial charge < -0.3 is 4.57 Å². The molecule has 1 aromatic heterocycles. The smallest absolute Gasteiger partial charge is 0.182 e. The Kier molecular flexibility index (Phi) is 3.97. The fraction of sp³-hybridized carbons (Fsp3) is 0.0526. The Morgan fingerprint density at radius 3 is 2.32 bits per heavy atom. The van der Waals surface area contributed by atoms with Gasteiger partial charge in [-0.25, -0.2) is 0 Å². The molecule has 0 aliphatic carbocycles. The van der Waals surface area contributed by atoms with E-state index < -0.39 is 0 Å². The Labute approximate surface area is 128 Å². The van der Waals surface area contributed by atoms with Crippen molar-refractivity contribution in [3.63, 3.8) is 0 Å². The molecule has 0 atom stereocenters. The van der Waals surface area contributed by atoms with Crippen LogP contribution < -0.4 is 5.43 Å². The molecule has 108 valence electrons. The van der Waals surface area contributed by atoms with E-state index in [2.05, 4.69) is 12.1 Å². The molecule has 3 rings (SSSR count). The minimum Gasteiger partial charge on any atom is -0.343 e. The van der Waals surface area contributed by atoms with Crippen LogP contribution >= 0.6 is 0 Å². The van der Waals surface area contributed by atoms with Gasteiger partial charge in [0, 0.05) is 30.4 Å². The van der Waals surface area contributed by atoms with Crippen LogP contribution in [0.1, 0.15) is 15.9 Å². The lowest BCUT2D eigenvalue weighted by atomic mass is 10.1. The Morgan fingerprint density at radius 2 is 1.64 bits per heavy atom. The Bertz CT molecular complexity index is 833. The maximum atomic E-state index is 11.7. The number of hydrogen-bond acceptors (Lipinski definition) is 2. The molecule has 0 fully saturated rings. The highest BCUT2D eigenvalue weighted by molar-refractivity contribution is 5.76. The number of nitrogens with zero attached hydrogens (tertiary/aromatic N) is 1. The third kappa shape index (κ3) is 3.04. The molecule has 22 heavy (non-hydrogen) atoms. The van der Waals surface area contributed by atoms with Crippen LogP contribution in [0.25, 0.3) is 11.3 Å². The molecule has 0 bridgehead atoms. The summed E-state index contributed by atoms with van der Waals surface area (Å²) in [6, 6.07) is 20.5. The highest BCUT2D eigenvalue weighted by atomic mass is 16.1. The van der Waals surface area contributed by atoms with E-state index in [1.54, 1.807) is 30.5 Å². The minimum absolute atomic E-state index is 0.0289. The molecular formula is C19H15NO2. The van der Waals surface area contributed by atoms with Crippen LogP contribution in [0.2, 0.25) is 0 Å². The van der Waals surface area contributed by atoms with Gasteiger partial charge in [-0.3, -0.25) is 9.59 Å². The van der Waals surface area contributed by atoms with Gasteiger partial charge in [0.05, 0.1) is 5.69 Å². The Balaban J connectivity index is 2.03.